The number of rotatable bonds is 12. The van der Waals surface area contributed by atoms with Gasteiger partial charge >= 0.3 is 0 Å². The minimum atomic E-state index is -0.154. The number of hydrogen-bond acceptors (Lipinski definition) is 6. The molecule has 1 aliphatic rings. The highest BCUT2D eigenvalue weighted by Gasteiger charge is 2.21. The molecular weight excluding hydrogens is 430 g/mol. The lowest BCUT2D eigenvalue weighted by molar-refractivity contribution is -0.115. The fourth-order valence-corrected chi connectivity index (χ4v) is 3.95. The third-order valence-corrected chi connectivity index (χ3v) is 5.69. The van der Waals surface area contributed by atoms with Gasteiger partial charge in [-0.1, -0.05) is 62.3 Å². The van der Waals surface area contributed by atoms with E-state index >= 15 is 0 Å². The van der Waals surface area contributed by atoms with Crippen LogP contribution in [0.4, 0.5) is 0 Å². The molecule has 2 aromatic rings. The number of carbonyl (C=O) groups excluding carboxylic acids is 1. The molecule has 0 aliphatic carbocycles. The molecule has 31 heavy (non-hydrogen) atoms. The van der Waals surface area contributed by atoms with E-state index in [-0.39, 0.29) is 5.91 Å². The molecule has 0 radical (unpaired) electrons. The summed E-state index contributed by atoms with van der Waals surface area (Å²) in [7, 11) is 0. The molecule has 1 heterocycles. The van der Waals surface area contributed by atoms with E-state index in [4.69, 9.17) is 26.4 Å². The van der Waals surface area contributed by atoms with Crippen LogP contribution in [0, 0.1) is 0 Å². The van der Waals surface area contributed by atoms with Crippen LogP contribution >= 0.6 is 24.0 Å². The topological polar surface area (TPSA) is 56.8 Å². The average molecular weight is 458 g/mol. The maximum absolute atomic E-state index is 11.7. The maximum atomic E-state index is 11.7. The van der Waals surface area contributed by atoms with Gasteiger partial charge < -0.3 is 19.5 Å². The number of carbonyl (C=O) groups is 1. The molecule has 0 spiro atoms. The molecule has 1 aliphatic heterocycles. The second kappa shape index (κ2) is 12.4. The Hall–Kier alpha value is -2.51. The molecule has 0 aromatic heterocycles. The summed E-state index contributed by atoms with van der Waals surface area (Å²) in [6, 6.07) is 15.2. The SMILES string of the molecule is CCCCCCOc1ccc(OCCOc2ccc(C=C3SC(=S)NC3=O)cc2)cc1. The second-order valence-corrected chi connectivity index (χ2v) is 8.72. The molecule has 164 valence electrons. The largest absolute Gasteiger partial charge is 0.494 e. The molecule has 0 saturated carbocycles. The van der Waals surface area contributed by atoms with Gasteiger partial charge in [-0.15, -0.1) is 0 Å². The highest BCUT2D eigenvalue weighted by atomic mass is 32.2. The van der Waals surface area contributed by atoms with Crippen LogP contribution in [0.15, 0.2) is 53.4 Å². The van der Waals surface area contributed by atoms with Crippen LogP contribution in [0.3, 0.4) is 0 Å². The Kier molecular flexibility index (Phi) is 9.24. The summed E-state index contributed by atoms with van der Waals surface area (Å²) in [6.45, 7) is 3.83. The molecule has 2 aromatic carbocycles. The predicted octanol–water partition coefficient (Wildman–Crippen LogP) is 5.59. The fraction of sp³-hybridized carbons (Fsp3) is 0.333. The zero-order valence-corrected chi connectivity index (χ0v) is 19.2. The zero-order valence-electron chi connectivity index (χ0n) is 17.6. The number of benzene rings is 2. The first kappa shape index (κ1) is 23.2. The first-order valence-corrected chi connectivity index (χ1v) is 11.7. The van der Waals surface area contributed by atoms with Crippen LogP contribution in [-0.4, -0.2) is 30.0 Å². The molecule has 0 bridgehead atoms. The Morgan fingerprint density at radius 1 is 0.839 bits per heavy atom. The maximum Gasteiger partial charge on any atom is 0.263 e. The number of ether oxygens (including phenoxy) is 3. The van der Waals surface area contributed by atoms with Crippen molar-refractivity contribution in [3.05, 3.63) is 59.0 Å². The summed E-state index contributed by atoms with van der Waals surface area (Å²) in [6.07, 6.45) is 6.60. The minimum Gasteiger partial charge on any atom is -0.494 e. The molecule has 3 rings (SSSR count). The lowest BCUT2D eigenvalue weighted by atomic mass is 10.2. The van der Waals surface area contributed by atoms with E-state index in [1.165, 1.54) is 31.0 Å². The molecule has 1 fully saturated rings. The Morgan fingerprint density at radius 3 is 1.90 bits per heavy atom. The van der Waals surface area contributed by atoms with Crippen molar-refractivity contribution in [1.82, 2.24) is 5.32 Å². The van der Waals surface area contributed by atoms with Crippen molar-refractivity contribution >= 4 is 40.3 Å². The van der Waals surface area contributed by atoms with Crippen LogP contribution in [0.25, 0.3) is 6.08 Å². The van der Waals surface area contributed by atoms with Gasteiger partial charge in [0.05, 0.1) is 11.5 Å². The van der Waals surface area contributed by atoms with Gasteiger partial charge in [-0.2, -0.15) is 0 Å². The predicted molar refractivity (Wildman–Crippen MR) is 130 cm³/mol. The number of nitrogens with one attached hydrogen (secondary N) is 1. The highest BCUT2D eigenvalue weighted by molar-refractivity contribution is 8.26. The summed E-state index contributed by atoms with van der Waals surface area (Å²) in [5.74, 6) is 2.25. The van der Waals surface area contributed by atoms with Gasteiger partial charge in [-0.3, -0.25) is 4.79 Å². The number of unbranched alkanes of at least 4 members (excludes halogenated alkanes) is 3. The smallest absolute Gasteiger partial charge is 0.263 e. The highest BCUT2D eigenvalue weighted by Crippen LogP contribution is 2.26. The average Bonchev–Trinajstić information content (AvgIpc) is 3.09. The van der Waals surface area contributed by atoms with Crippen LogP contribution < -0.4 is 19.5 Å². The molecule has 5 nitrogen and oxygen atoms in total. The van der Waals surface area contributed by atoms with Crippen molar-refractivity contribution in [2.45, 2.75) is 32.6 Å². The summed E-state index contributed by atoms with van der Waals surface area (Å²) < 4.78 is 17.7. The van der Waals surface area contributed by atoms with Gasteiger partial charge in [-0.25, -0.2) is 0 Å². The summed E-state index contributed by atoms with van der Waals surface area (Å²) in [5, 5.41) is 2.61. The fourth-order valence-electron chi connectivity index (χ4n) is 2.90. The van der Waals surface area contributed by atoms with Crippen molar-refractivity contribution in [1.29, 1.82) is 0 Å². The van der Waals surface area contributed by atoms with Crippen molar-refractivity contribution in [3.63, 3.8) is 0 Å². The van der Waals surface area contributed by atoms with E-state index in [1.54, 1.807) is 0 Å². The third kappa shape index (κ3) is 7.92. The van der Waals surface area contributed by atoms with E-state index in [0.29, 0.717) is 22.4 Å². The van der Waals surface area contributed by atoms with Gasteiger partial charge in [0.2, 0.25) is 0 Å². The van der Waals surface area contributed by atoms with Gasteiger partial charge in [0, 0.05) is 0 Å². The Balaban J connectivity index is 1.35. The van der Waals surface area contributed by atoms with E-state index in [2.05, 4.69) is 12.2 Å². The normalized spacial score (nSPS) is 14.5. The van der Waals surface area contributed by atoms with Crippen LogP contribution in [0.1, 0.15) is 38.2 Å². The summed E-state index contributed by atoms with van der Waals surface area (Å²) >= 11 is 6.26. The zero-order chi connectivity index (χ0) is 21.9. The first-order valence-electron chi connectivity index (χ1n) is 10.5. The molecule has 0 atom stereocenters. The standard InChI is InChI=1S/C24H27NO4S2/c1-2-3-4-5-14-27-20-10-12-21(13-11-20)29-16-15-28-19-8-6-18(7-9-19)17-22-23(26)25-24(30)31-22/h6-13,17H,2-5,14-16H2,1H3,(H,25,26,30). The number of amides is 1. The van der Waals surface area contributed by atoms with Crippen molar-refractivity contribution in [2.24, 2.45) is 0 Å². The van der Waals surface area contributed by atoms with Gasteiger partial charge in [0.1, 0.15) is 34.8 Å². The van der Waals surface area contributed by atoms with Crippen molar-refractivity contribution < 1.29 is 19.0 Å². The van der Waals surface area contributed by atoms with Crippen molar-refractivity contribution in [3.8, 4) is 17.2 Å². The summed E-state index contributed by atoms with van der Waals surface area (Å²) in [4.78, 5) is 12.3. The van der Waals surface area contributed by atoms with Crippen LogP contribution in [0.5, 0.6) is 17.2 Å². The van der Waals surface area contributed by atoms with Gasteiger partial charge in [0.15, 0.2) is 0 Å². The minimum absolute atomic E-state index is 0.154. The Morgan fingerprint density at radius 2 is 1.39 bits per heavy atom. The molecule has 7 heteroatoms. The Bertz CT molecular complexity index is 895. The number of thioether (sulfide) groups is 1. The second-order valence-electron chi connectivity index (χ2n) is 7.00. The number of hydrogen-bond donors (Lipinski definition) is 1. The number of thiocarbonyl (C=S) groups is 1. The Labute approximate surface area is 193 Å². The molecule has 1 N–H and O–H groups in total. The lowest BCUT2D eigenvalue weighted by Gasteiger charge is -2.10. The lowest BCUT2D eigenvalue weighted by Crippen LogP contribution is -2.17. The first-order chi connectivity index (χ1) is 15.1. The van der Waals surface area contributed by atoms with Crippen LogP contribution in [-0.2, 0) is 4.79 Å². The quantitative estimate of drug-likeness (QED) is 0.255. The van der Waals surface area contributed by atoms with Crippen molar-refractivity contribution in [2.75, 3.05) is 19.8 Å². The van der Waals surface area contributed by atoms with E-state index in [9.17, 15) is 4.79 Å². The van der Waals surface area contributed by atoms with E-state index < -0.39 is 0 Å². The molecular formula is C24H27NO4S2. The molecule has 0 unspecified atom stereocenters. The molecule has 1 amide bonds. The van der Waals surface area contributed by atoms with Gasteiger partial charge in [0.25, 0.3) is 5.91 Å². The summed E-state index contributed by atoms with van der Waals surface area (Å²) in [5.41, 5.74) is 0.915. The van der Waals surface area contributed by atoms with E-state index in [0.717, 1.165) is 35.8 Å². The van der Waals surface area contributed by atoms with Gasteiger partial charge in [-0.05, 0) is 54.5 Å². The van der Waals surface area contributed by atoms with Crippen LogP contribution in [0.2, 0.25) is 0 Å². The monoisotopic (exact) mass is 457 g/mol. The van der Waals surface area contributed by atoms with E-state index in [1.807, 2.05) is 54.6 Å². The third-order valence-electron chi connectivity index (χ3n) is 4.53. The molecule has 1 saturated heterocycles.